The number of aliphatic hydroxyl groups excluding tert-OH is 1. The highest BCUT2D eigenvalue weighted by atomic mass is 32.2. The zero-order chi connectivity index (χ0) is 28.0. The van der Waals surface area contributed by atoms with Crippen molar-refractivity contribution >= 4 is 39.1 Å². The van der Waals surface area contributed by atoms with Gasteiger partial charge in [-0.05, 0) is 50.8 Å². The first-order valence-electron chi connectivity index (χ1n) is 12.3. The highest BCUT2D eigenvalue weighted by molar-refractivity contribution is 7.89. The van der Waals surface area contributed by atoms with E-state index < -0.39 is 38.9 Å². The van der Waals surface area contributed by atoms with Crippen LogP contribution in [0.4, 0.5) is 5.69 Å². The van der Waals surface area contributed by atoms with E-state index in [9.17, 15) is 27.9 Å². The molecular weight excluding hydrogens is 508 g/mol. The molecule has 4 rings (SSSR count). The number of carbonyl (C=O) groups excluding carboxylic acids is 3. The number of rotatable bonds is 8. The smallest absolute Gasteiger partial charge is 0.296 e. The Morgan fingerprint density at radius 1 is 0.947 bits per heavy atom. The summed E-state index contributed by atoms with van der Waals surface area (Å²) in [7, 11) is 2.72. The molecule has 2 heterocycles. The zero-order valence-electron chi connectivity index (χ0n) is 22.1. The predicted octanol–water partition coefficient (Wildman–Crippen LogP) is 1.83. The molecule has 1 N–H and O–H groups in total. The standard InChI is InChI=1S/C27H32N4O6S/c1-6-15-30-21-10-8-7-9-20(21)27(26(30)35)22(24(33)25(34)31(27)17-16-28(2)3)23(32)18-11-13-19(14-12-18)38(36,37)29(4)5/h7-14,32H,6,15-17H2,1-5H3/t27-/m1/s1. The van der Waals surface area contributed by atoms with Crippen LogP contribution in [0, 0.1) is 0 Å². The number of anilines is 1. The van der Waals surface area contributed by atoms with Crippen LogP contribution >= 0.6 is 0 Å². The van der Waals surface area contributed by atoms with Crippen molar-refractivity contribution in [1.82, 2.24) is 14.1 Å². The summed E-state index contributed by atoms with van der Waals surface area (Å²) in [4.78, 5) is 46.0. The minimum Gasteiger partial charge on any atom is -0.507 e. The number of aliphatic hydroxyl groups is 1. The molecular formula is C27H32N4O6S. The number of Topliss-reactive ketones (excluding diaryl/α,β-unsaturated/α-hetero) is 1. The van der Waals surface area contributed by atoms with Crippen LogP contribution in [-0.2, 0) is 29.9 Å². The van der Waals surface area contributed by atoms with Gasteiger partial charge in [0.15, 0.2) is 5.54 Å². The van der Waals surface area contributed by atoms with Crippen LogP contribution in [0.1, 0.15) is 24.5 Å². The van der Waals surface area contributed by atoms with Crippen molar-refractivity contribution in [3.05, 3.63) is 65.2 Å². The second kappa shape index (κ2) is 9.97. The maximum Gasteiger partial charge on any atom is 0.296 e. The maximum atomic E-state index is 14.3. The van der Waals surface area contributed by atoms with Gasteiger partial charge in [-0.15, -0.1) is 0 Å². The summed E-state index contributed by atoms with van der Waals surface area (Å²) in [5.41, 5.74) is -1.01. The number of likely N-dealkylation sites (N-methyl/N-ethyl adjacent to an activating group) is 1. The SMILES string of the molecule is CCCN1C(=O)[C@]2(C(=C(O)c3ccc(S(=O)(=O)N(C)C)cc3)C(=O)C(=O)N2CCN(C)C)c2ccccc21. The molecule has 0 bridgehead atoms. The summed E-state index contributed by atoms with van der Waals surface area (Å²) >= 11 is 0. The van der Waals surface area contributed by atoms with E-state index in [-0.39, 0.29) is 22.6 Å². The van der Waals surface area contributed by atoms with Crippen molar-refractivity contribution in [2.45, 2.75) is 23.8 Å². The minimum atomic E-state index is -3.73. The number of sulfonamides is 1. The molecule has 10 nitrogen and oxygen atoms in total. The molecule has 2 amide bonds. The van der Waals surface area contributed by atoms with Crippen molar-refractivity contribution in [2.24, 2.45) is 0 Å². The number of para-hydroxylation sites is 1. The fourth-order valence-electron chi connectivity index (χ4n) is 5.05. The van der Waals surface area contributed by atoms with E-state index in [0.717, 1.165) is 4.31 Å². The number of nitrogens with zero attached hydrogens (tertiary/aromatic N) is 4. The van der Waals surface area contributed by atoms with Crippen molar-refractivity contribution in [3.8, 4) is 0 Å². The molecule has 0 unspecified atom stereocenters. The normalized spacial score (nSPS) is 20.9. The number of amides is 2. The maximum absolute atomic E-state index is 14.3. The number of benzene rings is 2. The molecule has 38 heavy (non-hydrogen) atoms. The lowest BCUT2D eigenvalue weighted by Crippen LogP contribution is -2.53. The van der Waals surface area contributed by atoms with E-state index in [0.29, 0.717) is 30.8 Å². The number of hydrogen-bond donors (Lipinski definition) is 1. The number of ketones is 1. The van der Waals surface area contributed by atoms with Crippen molar-refractivity contribution in [2.75, 3.05) is 52.7 Å². The van der Waals surface area contributed by atoms with Crippen LogP contribution in [0.5, 0.6) is 0 Å². The monoisotopic (exact) mass is 540 g/mol. The Bertz CT molecular complexity index is 1430. The van der Waals surface area contributed by atoms with Gasteiger partial charge in [0.05, 0.1) is 16.2 Å². The van der Waals surface area contributed by atoms with Crippen LogP contribution < -0.4 is 4.90 Å². The highest BCUT2D eigenvalue weighted by Crippen LogP contribution is 2.53. The van der Waals surface area contributed by atoms with E-state index in [1.165, 1.54) is 43.3 Å². The third-order valence-corrected chi connectivity index (χ3v) is 8.76. The fourth-order valence-corrected chi connectivity index (χ4v) is 5.95. The quantitative estimate of drug-likeness (QED) is 0.308. The van der Waals surface area contributed by atoms with Crippen LogP contribution in [-0.4, -0.2) is 93.1 Å². The largest absolute Gasteiger partial charge is 0.507 e. The Morgan fingerprint density at radius 3 is 2.16 bits per heavy atom. The summed E-state index contributed by atoms with van der Waals surface area (Å²) in [5, 5.41) is 11.5. The van der Waals surface area contributed by atoms with Crippen LogP contribution in [0.2, 0.25) is 0 Å². The number of carbonyl (C=O) groups is 3. The lowest BCUT2D eigenvalue weighted by Gasteiger charge is -2.35. The van der Waals surface area contributed by atoms with Gasteiger partial charge in [0, 0.05) is 44.9 Å². The number of likely N-dealkylation sites (tertiary alicyclic amines) is 1. The van der Waals surface area contributed by atoms with Gasteiger partial charge < -0.3 is 19.8 Å². The lowest BCUT2D eigenvalue weighted by molar-refractivity contribution is -0.143. The third-order valence-electron chi connectivity index (χ3n) is 6.93. The van der Waals surface area contributed by atoms with Gasteiger partial charge in [-0.1, -0.05) is 25.1 Å². The Labute approximate surface area is 222 Å². The first-order valence-corrected chi connectivity index (χ1v) is 13.7. The molecule has 2 aromatic carbocycles. The summed E-state index contributed by atoms with van der Waals surface area (Å²) in [6.07, 6.45) is 0.641. The van der Waals surface area contributed by atoms with Gasteiger partial charge in [0.2, 0.25) is 10.0 Å². The molecule has 202 valence electrons. The molecule has 0 radical (unpaired) electrons. The van der Waals surface area contributed by atoms with Crippen LogP contribution in [0.3, 0.4) is 0 Å². The van der Waals surface area contributed by atoms with Gasteiger partial charge in [0.25, 0.3) is 17.6 Å². The third kappa shape index (κ3) is 4.01. The molecule has 0 saturated carbocycles. The van der Waals surface area contributed by atoms with E-state index in [4.69, 9.17) is 0 Å². The lowest BCUT2D eigenvalue weighted by atomic mass is 9.82. The second-order valence-corrected chi connectivity index (χ2v) is 12.0. The Kier molecular flexibility index (Phi) is 7.21. The first-order chi connectivity index (χ1) is 17.9. The van der Waals surface area contributed by atoms with Crippen molar-refractivity contribution in [3.63, 3.8) is 0 Å². The average molecular weight is 541 g/mol. The molecule has 1 saturated heterocycles. The number of hydrogen-bond acceptors (Lipinski definition) is 7. The minimum absolute atomic E-state index is 0.00314. The molecule has 2 aliphatic heterocycles. The molecule has 1 atom stereocenters. The van der Waals surface area contributed by atoms with Gasteiger partial charge in [-0.2, -0.15) is 0 Å². The van der Waals surface area contributed by atoms with E-state index in [1.54, 1.807) is 29.2 Å². The van der Waals surface area contributed by atoms with Crippen LogP contribution in [0.25, 0.3) is 5.76 Å². The summed E-state index contributed by atoms with van der Waals surface area (Å²) < 4.78 is 26.1. The van der Waals surface area contributed by atoms with E-state index >= 15 is 0 Å². The Hall–Kier alpha value is -3.54. The van der Waals surface area contributed by atoms with Gasteiger partial charge in [-0.25, -0.2) is 12.7 Å². The van der Waals surface area contributed by atoms with E-state index in [1.807, 2.05) is 25.9 Å². The first kappa shape index (κ1) is 27.5. The molecule has 0 aromatic heterocycles. The molecule has 11 heteroatoms. The summed E-state index contributed by atoms with van der Waals surface area (Å²) in [6.45, 7) is 2.75. The highest BCUT2D eigenvalue weighted by Gasteiger charge is 2.66. The topological polar surface area (TPSA) is 119 Å². The molecule has 1 fully saturated rings. The number of fused-ring (bicyclic) bond motifs is 2. The summed E-state index contributed by atoms with van der Waals surface area (Å²) in [6, 6.07) is 12.3. The predicted molar refractivity (Wildman–Crippen MR) is 143 cm³/mol. The van der Waals surface area contributed by atoms with Crippen molar-refractivity contribution in [1.29, 1.82) is 0 Å². The summed E-state index contributed by atoms with van der Waals surface area (Å²) in [5.74, 6) is -2.85. The molecule has 2 aliphatic rings. The molecule has 2 aromatic rings. The van der Waals surface area contributed by atoms with Crippen LogP contribution in [0.15, 0.2) is 59.0 Å². The van der Waals surface area contributed by atoms with E-state index in [2.05, 4.69) is 0 Å². The van der Waals surface area contributed by atoms with Crippen molar-refractivity contribution < 1.29 is 27.9 Å². The Morgan fingerprint density at radius 2 is 1.58 bits per heavy atom. The zero-order valence-corrected chi connectivity index (χ0v) is 22.9. The fraction of sp³-hybridized carbons (Fsp3) is 0.370. The van der Waals surface area contributed by atoms with Gasteiger partial charge in [-0.3, -0.25) is 14.4 Å². The second-order valence-electron chi connectivity index (χ2n) is 9.81. The van der Waals surface area contributed by atoms with Gasteiger partial charge in [0.1, 0.15) is 5.76 Å². The molecule has 0 aliphatic carbocycles. The van der Waals surface area contributed by atoms with Gasteiger partial charge >= 0.3 is 0 Å². The Balaban J connectivity index is 1.98. The average Bonchev–Trinajstić information content (AvgIpc) is 3.25. The molecule has 1 spiro atoms.